The smallest absolute Gasteiger partial charge is 0.260 e. The number of nitrogens with zero attached hydrogens (tertiary/aromatic N) is 1. The first-order valence-electron chi connectivity index (χ1n) is 6.14. The molecule has 0 unspecified atom stereocenters. The van der Waals surface area contributed by atoms with Gasteiger partial charge in [0, 0.05) is 11.3 Å². The Bertz CT molecular complexity index is 693. The van der Waals surface area contributed by atoms with Gasteiger partial charge in [0.05, 0.1) is 12.7 Å². The van der Waals surface area contributed by atoms with Crippen LogP contribution in [0.3, 0.4) is 0 Å². The van der Waals surface area contributed by atoms with E-state index in [4.69, 9.17) is 10.3 Å². The summed E-state index contributed by atoms with van der Waals surface area (Å²) in [5.41, 5.74) is 8.23. The predicted molar refractivity (Wildman–Crippen MR) is 76.3 cm³/mol. The lowest BCUT2D eigenvalue weighted by Gasteiger charge is -2.08. The van der Waals surface area contributed by atoms with E-state index in [1.807, 2.05) is 25.1 Å². The van der Waals surface area contributed by atoms with E-state index in [0.717, 1.165) is 11.1 Å². The molecule has 5 heteroatoms. The summed E-state index contributed by atoms with van der Waals surface area (Å²) in [6, 6.07) is 5.60. The van der Waals surface area contributed by atoms with Crippen LogP contribution in [0.25, 0.3) is 0 Å². The molecule has 1 aromatic carbocycles. The standard InChI is InChI=1S/C15H15N3O2/c1-10-5-6-12(4-3-7-16)8-14(10)18-15(19)13-9-17-20-11(13)2/h5-6,8-9H,7,16H2,1-2H3,(H,18,19). The molecule has 0 bridgehead atoms. The molecule has 0 aliphatic rings. The fourth-order valence-corrected chi connectivity index (χ4v) is 1.69. The number of aryl methyl sites for hydroxylation is 2. The quantitative estimate of drug-likeness (QED) is 0.815. The minimum atomic E-state index is -0.254. The number of anilines is 1. The molecule has 20 heavy (non-hydrogen) atoms. The van der Waals surface area contributed by atoms with Gasteiger partial charge in [-0.3, -0.25) is 4.79 Å². The first-order chi connectivity index (χ1) is 9.61. The summed E-state index contributed by atoms with van der Waals surface area (Å²) in [4.78, 5) is 12.1. The molecule has 0 saturated heterocycles. The van der Waals surface area contributed by atoms with Crippen LogP contribution in [0.1, 0.15) is 27.2 Å². The second-order valence-electron chi connectivity index (χ2n) is 4.29. The number of rotatable bonds is 2. The molecule has 0 radical (unpaired) electrons. The van der Waals surface area contributed by atoms with Gasteiger partial charge in [-0.15, -0.1) is 0 Å². The van der Waals surface area contributed by atoms with Crippen LogP contribution in [0.15, 0.2) is 28.9 Å². The third-order valence-electron chi connectivity index (χ3n) is 2.82. The van der Waals surface area contributed by atoms with Gasteiger partial charge in [0.2, 0.25) is 0 Å². The number of nitrogens with two attached hydrogens (primary N) is 1. The van der Waals surface area contributed by atoms with Crippen molar-refractivity contribution >= 4 is 11.6 Å². The van der Waals surface area contributed by atoms with Crippen LogP contribution in [-0.2, 0) is 0 Å². The highest BCUT2D eigenvalue weighted by molar-refractivity contribution is 6.05. The Kier molecular flexibility index (Phi) is 4.18. The number of hydrogen-bond acceptors (Lipinski definition) is 4. The Hall–Kier alpha value is -2.58. The summed E-state index contributed by atoms with van der Waals surface area (Å²) in [5.74, 6) is 5.95. The van der Waals surface area contributed by atoms with Gasteiger partial charge in [-0.25, -0.2) is 0 Å². The largest absolute Gasteiger partial charge is 0.361 e. The zero-order chi connectivity index (χ0) is 14.5. The van der Waals surface area contributed by atoms with Crippen molar-refractivity contribution in [3.8, 4) is 11.8 Å². The molecule has 1 heterocycles. The minimum absolute atomic E-state index is 0.254. The average molecular weight is 269 g/mol. The summed E-state index contributed by atoms with van der Waals surface area (Å²) in [7, 11) is 0. The molecule has 0 aliphatic heterocycles. The summed E-state index contributed by atoms with van der Waals surface area (Å²) in [5, 5.41) is 6.43. The van der Waals surface area contributed by atoms with Crippen molar-refractivity contribution in [2.75, 3.05) is 11.9 Å². The van der Waals surface area contributed by atoms with E-state index < -0.39 is 0 Å². The van der Waals surface area contributed by atoms with Crippen LogP contribution in [-0.4, -0.2) is 17.6 Å². The molecule has 0 atom stereocenters. The van der Waals surface area contributed by atoms with Crippen LogP contribution in [0.5, 0.6) is 0 Å². The first kappa shape index (κ1) is 13.8. The SMILES string of the molecule is Cc1ccc(C#CCN)cc1NC(=O)c1cnoc1C. The lowest BCUT2D eigenvalue weighted by molar-refractivity contribution is 0.102. The minimum Gasteiger partial charge on any atom is -0.361 e. The van der Waals surface area contributed by atoms with Gasteiger partial charge in [-0.2, -0.15) is 0 Å². The van der Waals surface area contributed by atoms with Gasteiger partial charge >= 0.3 is 0 Å². The van der Waals surface area contributed by atoms with Crippen LogP contribution in [0.2, 0.25) is 0 Å². The Labute approximate surface area is 117 Å². The maximum Gasteiger partial charge on any atom is 0.260 e. The number of hydrogen-bond donors (Lipinski definition) is 2. The van der Waals surface area contributed by atoms with E-state index in [9.17, 15) is 4.79 Å². The van der Waals surface area contributed by atoms with Crippen molar-refractivity contribution in [2.45, 2.75) is 13.8 Å². The van der Waals surface area contributed by atoms with Gasteiger partial charge in [-0.05, 0) is 31.5 Å². The first-order valence-corrected chi connectivity index (χ1v) is 6.14. The van der Waals surface area contributed by atoms with Crippen LogP contribution in [0, 0.1) is 25.7 Å². The van der Waals surface area contributed by atoms with E-state index in [-0.39, 0.29) is 5.91 Å². The number of carbonyl (C=O) groups excluding carboxylic acids is 1. The highest BCUT2D eigenvalue weighted by Crippen LogP contribution is 2.18. The summed E-state index contributed by atoms with van der Waals surface area (Å²) >= 11 is 0. The molecule has 1 aromatic heterocycles. The topological polar surface area (TPSA) is 81.1 Å². The van der Waals surface area contributed by atoms with Gasteiger partial charge in [0.1, 0.15) is 11.3 Å². The molecule has 0 fully saturated rings. The second kappa shape index (κ2) is 6.04. The molecule has 102 valence electrons. The Balaban J connectivity index is 2.25. The van der Waals surface area contributed by atoms with E-state index in [2.05, 4.69) is 22.3 Å². The Morgan fingerprint density at radius 1 is 1.45 bits per heavy atom. The van der Waals surface area contributed by atoms with Gasteiger partial charge in [-0.1, -0.05) is 23.1 Å². The van der Waals surface area contributed by atoms with Crippen molar-refractivity contribution in [1.82, 2.24) is 5.16 Å². The number of amides is 1. The summed E-state index contributed by atoms with van der Waals surface area (Å²) in [6.07, 6.45) is 1.40. The van der Waals surface area contributed by atoms with Gasteiger partial charge in [0.25, 0.3) is 5.91 Å². The molecule has 0 saturated carbocycles. The monoisotopic (exact) mass is 269 g/mol. The fourth-order valence-electron chi connectivity index (χ4n) is 1.69. The molecule has 1 amide bonds. The number of carbonyl (C=O) groups is 1. The highest BCUT2D eigenvalue weighted by atomic mass is 16.5. The number of benzene rings is 1. The third kappa shape index (κ3) is 3.05. The normalized spacial score (nSPS) is 9.75. The van der Waals surface area contributed by atoms with Crippen molar-refractivity contribution in [3.63, 3.8) is 0 Å². The molecule has 0 spiro atoms. The van der Waals surface area contributed by atoms with E-state index >= 15 is 0 Å². The van der Waals surface area contributed by atoms with Crippen LogP contribution < -0.4 is 11.1 Å². The average Bonchev–Trinajstić information content (AvgIpc) is 2.86. The predicted octanol–water partition coefficient (Wildman–Crippen LogP) is 1.85. The van der Waals surface area contributed by atoms with Gasteiger partial charge < -0.3 is 15.6 Å². The van der Waals surface area contributed by atoms with Gasteiger partial charge in [0.15, 0.2) is 0 Å². The Morgan fingerprint density at radius 2 is 2.25 bits per heavy atom. The van der Waals surface area contributed by atoms with Crippen molar-refractivity contribution in [2.24, 2.45) is 5.73 Å². The van der Waals surface area contributed by atoms with Crippen molar-refractivity contribution in [3.05, 3.63) is 46.8 Å². The molecular weight excluding hydrogens is 254 g/mol. The highest BCUT2D eigenvalue weighted by Gasteiger charge is 2.13. The lowest BCUT2D eigenvalue weighted by Crippen LogP contribution is -2.13. The maximum absolute atomic E-state index is 12.1. The molecule has 3 N–H and O–H groups in total. The third-order valence-corrected chi connectivity index (χ3v) is 2.82. The second-order valence-corrected chi connectivity index (χ2v) is 4.29. The zero-order valence-electron chi connectivity index (χ0n) is 11.4. The molecule has 0 aliphatic carbocycles. The van der Waals surface area contributed by atoms with Crippen LogP contribution >= 0.6 is 0 Å². The van der Waals surface area contributed by atoms with Crippen molar-refractivity contribution in [1.29, 1.82) is 0 Å². The van der Waals surface area contributed by atoms with E-state index in [1.54, 1.807) is 6.92 Å². The summed E-state index contributed by atoms with van der Waals surface area (Å²) in [6.45, 7) is 3.91. The summed E-state index contributed by atoms with van der Waals surface area (Å²) < 4.78 is 4.88. The Morgan fingerprint density at radius 3 is 2.90 bits per heavy atom. The molecular formula is C15H15N3O2. The van der Waals surface area contributed by atoms with Crippen molar-refractivity contribution < 1.29 is 9.32 Å². The van der Waals surface area contributed by atoms with E-state index in [1.165, 1.54) is 6.20 Å². The fraction of sp³-hybridized carbons (Fsp3) is 0.200. The zero-order valence-corrected chi connectivity index (χ0v) is 11.4. The van der Waals surface area contributed by atoms with Crippen LogP contribution in [0.4, 0.5) is 5.69 Å². The lowest BCUT2D eigenvalue weighted by atomic mass is 10.1. The maximum atomic E-state index is 12.1. The molecule has 2 rings (SSSR count). The number of nitrogens with one attached hydrogen (secondary N) is 1. The molecule has 2 aromatic rings. The molecule has 5 nitrogen and oxygen atoms in total. The number of aromatic nitrogens is 1. The van der Waals surface area contributed by atoms with E-state index in [0.29, 0.717) is 23.6 Å².